The lowest BCUT2D eigenvalue weighted by molar-refractivity contribution is -0.385. The minimum Gasteiger partial charge on any atom is -0.258 e. The Kier molecular flexibility index (Phi) is 5.52. The van der Waals surface area contributed by atoms with E-state index in [1.807, 2.05) is 13.0 Å². The summed E-state index contributed by atoms with van der Waals surface area (Å²) in [5.41, 5.74) is 8.12. The third-order valence-corrected chi connectivity index (χ3v) is 5.36. The lowest BCUT2D eigenvalue weighted by Crippen LogP contribution is -2.04. The highest BCUT2D eigenvalue weighted by molar-refractivity contribution is 5.47. The van der Waals surface area contributed by atoms with Crippen LogP contribution in [-0.4, -0.2) is 4.92 Å². The fraction of sp³-hybridized carbons (Fsp3) is 0.455. The Bertz CT molecular complexity index is 780. The number of nitrogens with zero attached hydrogens (tertiary/aromatic N) is 1. The van der Waals surface area contributed by atoms with Crippen LogP contribution in [-0.2, 0) is 25.7 Å². The molecule has 0 spiro atoms. The molecule has 2 aromatic carbocycles. The number of nitro groups is 1. The predicted molar refractivity (Wildman–Crippen MR) is 102 cm³/mol. The molecule has 0 N–H and O–H groups in total. The van der Waals surface area contributed by atoms with Crippen molar-refractivity contribution >= 4 is 5.69 Å². The summed E-state index contributed by atoms with van der Waals surface area (Å²) in [5.74, 6) is 0. The lowest BCUT2D eigenvalue weighted by atomic mass is 9.90. The molecule has 0 atom stereocenters. The summed E-state index contributed by atoms with van der Waals surface area (Å²) >= 11 is 0. The van der Waals surface area contributed by atoms with Gasteiger partial charge in [-0.3, -0.25) is 10.1 Å². The number of nitro benzene ring substituents is 1. The Morgan fingerprint density at radius 1 is 0.760 bits per heavy atom. The molecule has 3 nitrogen and oxygen atoms in total. The van der Waals surface area contributed by atoms with Gasteiger partial charge in [0, 0.05) is 11.6 Å². The zero-order chi connectivity index (χ0) is 17.8. The Morgan fingerprint density at radius 3 is 1.88 bits per heavy atom. The Hall–Kier alpha value is -2.16. The van der Waals surface area contributed by atoms with Gasteiger partial charge in [0.05, 0.1) is 4.92 Å². The van der Waals surface area contributed by atoms with E-state index in [0.29, 0.717) is 0 Å². The summed E-state index contributed by atoms with van der Waals surface area (Å²) in [6.45, 7) is 3.99. The number of benzene rings is 2. The van der Waals surface area contributed by atoms with Crippen molar-refractivity contribution in [1.29, 1.82) is 0 Å². The van der Waals surface area contributed by atoms with Crippen LogP contribution in [0.1, 0.15) is 59.1 Å². The van der Waals surface area contributed by atoms with E-state index in [1.165, 1.54) is 48.8 Å². The van der Waals surface area contributed by atoms with E-state index in [2.05, 4.69) is 25.1 Å². The predicted octanol–water partition coefficient (Wildman–Crippen LogP) is 5.66. The molecule has 0 heterocycles. The lowest BCUT2D eigenvalue weighted by Gasteiger charge is -2.15. The monoisotopic (exact) mass is 337 g/mol. The topological polar surface area (TPSA) is 43.1 Å². The second-order valence-corrected chi connectivity index (χ2v) is 7.35. The molecule has 25 heavy (non-hydrogen) atoms. The fourth-order valence-corrected chi connectivity index (χ4v) is 3.95. The van der Waals surface area contributed by atoms with Crippen LogP contribution in [0.15, 0.2) is 30.3 Å². The Labute approximate surface area is 150 Å². The minimum atomic E-state index is -0.287. The number of hydrogen-bond acceptors (Lipinski definition) is 2. The van der Waals surface area contributed by atoms with Crippen LogP contribution in [0.25, 0.3) is 0 Å². The molecule has 0 fully saturated rings. The molecular formula is C22H27NO2. The van der Waals surface area contributed by atoms with E-state index in [4.69, 9.17) is 0 Å². The van der Waals surface area contributed by atoms with Crippen molar-refractivity contribution < 1.29 is 4.92 Å². The van der Waals surface area contributed by atoms with Crippen molar-refractivity contribution in [3.05, 3.63) is 73.8 Å². The maximum Gasteiger partial charge on any atom is 0.272 e. The van der Waals surface area contributed by atoms with Crippen LogP contribution >= 0.6 is 0 Å². The summed E-state index contributed by atoms with van der Waals surface area (Å²) < 4.78 is 0. The second-order valence-electron chi connectivity index (χ2n) is 7.35. The van der Waals surface area contributed by atoms with Crippen LogP contribution in [0, 0.1) is 24.0 Å². The number of hydrogen-bond donors (Lipinski definition) is 0. The van der Waals surface area contributed by atoms with E-state index >= 15 is 0 Å². The van der Waals surface area contributed by atoms with Crippen LogP contribution < -0.4 is 0 Å². The van der Waals surface area contributed by atoms with E-state index in [9.17, 15) is 10.1 Å². The summed E-state index contributed by atoms with van der Waals surface area (Å²) in [7, 11) is 0. The number of rotatable bonds is 1. The summed E-state index contributed by atoms with van der Waals surface area (Å²) in [6.07, 6.45) is 9.82. The standard InChI is InChI=1S/C11H13NO2.C11H14/c1-8-6-9-4-2-3-5-10(9)7-11(8)12(13)14;1-9-6-7-10-4-2-3-5-11(10)8-9/h6-7H,2-5H2,1H3;6-8H,2-5H2,1H3. The van der Waals surface area contributed by atoms with Crippen molar-refractivity contribution in [2.45, 2.75) is 65.2 Å². The van der Waals surface area contributed by atoms with Gasteiger partial charge in [-0.15, -0.1) is 0 Å². The molecule has 4 rings (SSSR count). The van der Waals surface area contributed by atoms with E-state index < -0.39 is 0 Å². The van der Waals surface area contributed by atoms with Gasteiger partial charge >= 0.3 is 0 Å². The zero-order valence-corrected chi connectivity index (χ0v) is 15.3. The van der Waals surface area contributed by atoms with Crippen molar-refractivity contribution in [2.24, 2.45) is 0 Å². The van der Waals surface area contributed by atoms with Gasteiger partial charge in [0.15, 0.2) is 0 Å². The van der Waals surface area contributed by atoms with Gasteiger partial charge in [0.25, 0.3) is 5.69 Å². The summed E-state index contributed by atoms with van der Waals surface area (Å²) in [6, 6.07) is 10.6. The zero-order valence-electron chi connectivity index (χ0n) is 15.3. The maximum absolute atomic E-state index is 10.7. The highest BCUT2D eigenvalue weighted by atomic mass is 16.6. The van der Waals surface area contributed by atoms with Crippen LogP contribution in [0.4, 0.5) is 5.69 Å². The summed E-state index contributed by atoms with van der Waals surface area (Å²) in [5, 5.41) is 10.7. The Morgan fingerprint density at radius 2 is 1.28 bits per heavy atom. The third kappa shape index (κ3) is 4.28. The molecule has 0 aliphatic heterocycles. The molecule has 2 aliphatic rings. The van der Waals surface area contributed by atoms with E-state index in [-0.39, 0.29) is 10.6 Å². The highest BCUT2D eigenvalue weighted by Gasteiger charge is 2.17. The van der Waals surface area contributed by atoms with Gasteiger partial charge in [-0.25, -0.2) is 0 Å². The Balaban J connectivity index is 0.000000150. The van der Waals surface area contributed by atoms with Gasteiger partial charge in [0.2, 0.25) is 0 Å². The van der Waals surface area contributed by atoms with Gasteiger partial charge in [-0.2, -0.15) is 0 Å². The average molecular weight is 337 g/mol. The minimum absolute atomic E-state index is 0.269. The van der Waals surface area contributed by atoms with Crippen molar-refractivity contribution in [2.75, 3.05) is 0 Å². The maximum atomic E-state index is 10.7. The van der Waals surface area contributed by atoms with Crippen molar-refractivity contribution in [1.82, 2.24) is 0 Å². The first kappa shape index (κ1) is 17.7. The first-order valence-corrected chi connectivity index (χ1v) is 9.40. The van der Waals surface area contributed by atoms with Crippen LogP contribution in [0.5, 0.6) is 0 Å². The first-order valence-electron chi connectivity index (χ1n) is 9.40. The molecule has 2 aliphatic carbocycles. The molecule has 3 heteroatoms. The van der Waals surface area contributed by atoms with Crippen molar-refractivity contribution in [3.63, 3.8) is 0 Å². The third-order valence-electron chi connectivity index (χ3n) is 5.36. The van der Waals surface area contributed by atoms with Gasteiger partial charge in [0.1, 0.15) is 0 Å². The van der Waals surface area contributed by atoms with Crippen LogP contribution in [0.3, 0.4) is 0 Å². The molecule has 0 saturated carbocycles. The van der Waals surface area contributed by atoms with Gasteiger partial charge in [-0.1, -0.05) is 23.8 Å². The van der Waals surface area contributed by atoms with Gasteiger partial charge in [-0.05, 0) is 93.5 Å². The molecule has 0 saturated heterocycles. The smallest absolute Gasteiger partial charge is 0.258 e. The van der Waals surface area contributed by atoms with Crippen LogP contribution in [0.2, 0.25) is 0 Å². The molecule has 2 aromatic rings. The largest absolute Gasteiger partial charge is 0.272 e. The van der Waals surface area contributed by atoms with E-state index in [0.717, 1.165) is 24.8 Å². The molecule has 0 amide bonds. The normalized spacial score (nSPS) is 15.4. The average Bonchev–Trinajstić information content (AvgIpc) is 2.61. The van der Waals surface area contributed by atoms with E-state index in [1.54, 1.807) is 17.2 Å². The molecular weight excluding hydrogens is 310 g/mol. The molecule has 0 aromatic heterocycles. The molecule has 0 radical (unpaired) electrons. The molecule has 0 unspecified atom stereocenters. The van der Waals surface area contributed by atoms with Crippen molar-refractivity contribution in [3.8, 4) is 0 Å². The van der Waals surface area contributed by atoms with Gasteiger partial charge < -0.3 is 0 Å². The fourth-order valence-electron chi connectivity index (χ4n) is 3.95. The SMILES string of the molecule is Cc1cc2c(cc1[N+](=O)[O-])CCCC2.Cc1ccc2c(c1)CCCC2. The highest BCUT2D eigenvalue weighted by Crippen LogP contribution is 2.28. The second kappa shape index (κ2) is 7.81. The quantitative estimate of drug-likeness (QED) is 0.498. The molecule has 0 bridgehead atoms. The molecule has 132 valence electrons. The number of aryl methyl sites for hydroxylation is 6. The first-order chi connectivity index (χ1) is 12.0. The summed E-state index contributed by atoms with van der Waals surface area (Å²) in [4.78, 5) is 10.4. The number of fused-ring (bicyclic) bond motifs is 2.